The molecule has 3 rings (SSSR count). The van der Waals surface area contributed by atoms with Crippen molar-refractivity contribution in [1.82, 2.24) is 0 Å². The van der Waals surface area contributed by atoms with Crippen LogP contribution in [0.3, 0.4) is 0 Å². The van der Waals surface area contributed by atoms with Gasteiger partial charge in [-0.3, -0.25) is 0 Å². The number of hydrogen-bond donors (Lipinski definition) is 0. The summed E-state index contributed by atoms with van der Waals surface area (Å²) in [7, 11) is 0. The average Bonchev–Trinajstić information content (AvgIpc) is 2.84. The maximum absolute atomic E-state index is 13.3. The molecular weight excluding hydrogens is 279 g/mol. The van der Waals surface area contributed by atoms with Crippen LogP contribution in [0, 0.1) is 5.82 Å². The average molecular weight is 299 g/mol. The fourth-order valence-electron chi connectivity index (χ4n) is 3.33. The molecule has 1 spiro atoms. The molecule has 1 aromatic rings. The van der Waals surface area contributed by atoms with E-state index >= 15 is 0 Å². The van der Waals surface area contributed by atoms with Crippen molar-refractivity contribution in [2.75, 3.05) is 6.61 Å². The fraction of sp³-hybridized carbons (Fsp3) is 0.625. The lowest BCUT2D eigenvalue weighted by molar-refractivity contribution is -0.0748. The first-order valence-corrected chi connectivity index (χ1v) is 7.80. The molecule has 4 heteroatoms. The molecule has 0 amide bonds. The van der Waals surface area contributed by atoms with Gasteiger partial charge in [0.05, 0.1) is 16.7 Å². The zero-order valence-corrected chi connectivity index (χ0v) is 12.3. The Morgan fingerprint density at radius 3 is 2.80 bits per heavy atom. The molecule has 0 bridgehead atoms. The van der Waals surface area contributed by atoms with Crippen LogP contribution in [0.15, 0.2) is 18.2 Å². The van der Waals surface area contributed by atoms with E-state index in [-0.39, 0.29) is 16.7 Å². The minimum Gasteiger partial charge on any atom is -0.491 e. The highest BCUT2D eigenvalue weighted by atomic mass is 35.5. The van der Waals surface area contributed by atoms with Gasteiger partial charge in [0.25, 0.3) is 0 Å². The van der Waals surface area contributed by atoms with Crippen molar-refractivity contribution in [1.29, 1.82) is 0 Å². The second-order valence-corrected chi connectivity index (χ2v) is 6.32. The topological polar surface area (TPSA) is 18.5 Å². The normalized spacial score (nSPS) is 25.0. The van der Waals surface area contributed by atoms with Gasteiger partial charge in [-0.1, -0.05) is 30.9 Å². The Morgan fingerprint density at radius 2 is 2.05 bits per heavy atom. The Morgan fingerprint density at radius 1 is 1.25 bits per heavy atom. The summed E-state index contributed by atoms with van der Waals surface area (Å²) < 4.78 is 25.2. The summed E-state index contributed by atoms with van der Waals surface area (Å²) in [5.74, 6) is 0.0698. The zero-order valence-electron chi connectivity index (χ0n) is 11.5. The maximum Gasteiger partial charge on any atom is 0.145 e. The van der Waals surface area contributed by atoms with E-state index in [4.69, 9.17) is 21.1 Å². The van der Waals surface area contributed by atoms with Crippen molar-refractivity contribution in [3.8, 4) is 5.75 Å². The van der Waals surface area contributed by atoms with Crippen LogP contribution < -0.4 is 4.74 Å². The number of hydrogen-bond acceptors (Lipinski definition) is 2. The molecule has 2 nitrogen and oxygen atoms in total. The van der Waals surface area contributed by atoms with Gasteiger partial charge in [0, 0.05) is 6.07 Å². The van der Waals surface area contributed by atoms with Gasteiger partial charge >= 0.3 is 0 Å². The summed E-state index contributed by atoms with van der Waals surface area (Å²) in [6.45, 7) is 0.489. The standard InChI is InChI=1S/C16H20ClFO2/c17-14-5-4-12(10-15(14)18)19-11-13-6-9-16(20-13)7-2-1-3-8-16/h4-5,10,13H,1-3,6-9,11H2. The number of benzene rings is 1. The van der Waals surface area contributed by atoms with E-state index in [1.807, 2.05) is 0 Å². The third-order valence-corrected chi connectivity index (χ3v) is 4.74. The summed E-state index contributed by atoms with van der Waals surface area (Å²) in [5, 5.41) is 0.121. The van der Waals surface area contributed by atoms with Crippen molar-refractivity contribution in [2.45, 2.75) is 56.7 Å². The Balaban J connectivity index is 1.53. The van der Waals surface area contributed by atoms with Crippen LogP contribution in [-0.2, 0) is 4.74 Å². The van der Waals surface area contributed by atoms with Crippen molar-refractivity contribution >= 4 is 11.6 Å². The third-order valence-electron chi connectivity index (χ3n) is 4.43. The Kier molecular flexibility index (Phi) is 4.18. The zero-order chi connectivity index (χ0) is 14.0. The van der Waals surface area contributed by atoms with Crippen LogP contribution in [0.25, 0.3) is 0 Å². The van der Waals surface area contributed by atoms with Gasteiger partial charge in [-0.2, -0.15) is 0 Å². The van der Waals surface area contributed by atoms with Gasteiger partial charge in [-0.15, -0.1) is 0 Å². The Labute approximate surface area is 124 Å². The van der Waals surface area contributed by atoms with Crippen molar-refractivity contribution in [3.63, 3.8) is 0 Å². The molecule has 1 unspecified atom stereocenters. The van der Waals surface area contributed by atoms with E-state index in [2.05, 4.69) is 0 Å². The molecule has 1 aliphatic heterocycles. The summed E-state index contributed by atoms with van der Waals surface area (Å²) >= 11 is 5.65. The molecule has 1 saturated heterocycles. The van der Waals surface area contributed by atoms with Gasteiger partial charge in [-0.25, -0.2) is 4.39 Å². The molecule has 1 aliphatic carbocycles. The van der Waals surface area contributed by atoms with E-state index in [1.54, 1.807) is 6.07 Å². The van der Waals surface area contributed by atoms with Crippen molar-refractivity contribution in [2.24, 2.45) is 0 Å². The van der Waals surface area contributed by atoms with Crippen LogP contribution in [0.4, 0.5) is 4.39 Å². The van der Waals surface area contributed by atoms with Gasteiger partial charge in [0.1, 0.15) is 18.2 Å². The first-order chi connectivity index (χ1) is 9.67. The summed E-state index contributed by atoms with van der Waals surface area (Å²) in [6.07, 6.45) is 8.54. The van der Waals surface area contributed by atoms with E-state index < -0.39 is 5.82 Å². The smallest absolute Gasteiger partial charge is 0.145 e. The molecule has 1 saturated carbocycles. The number of rotatable bonds is 3. The van der Waals surface area contributed by atoms with Gasteiger partial charge in [-0.05, 0) is 37.8 Å². The molecule has 0 aromatic heterocycles. The molecule has 1 aromatic carbocycles. The lowest BCUT2D eigenvalue weighted by Crippen LogP contribution is -2.32. The van der Waals surface area contributed by atoms with Gasteiger partial charge < -0.3 is 9.47 Å². The number of halogens is 2. The second-order valence-electron chi connectivity index (χ2n) is 5.91. The molecular formula is C16H20ClFO2. The minimum absolute atomic E-state index is 0.109. The SMILES string of the molecule is Fc1cc(OCC2CCC3(CCCCC3)O2)ccc1Cl. The molecule has 0 radical (unpaired) electrons. The fourth-order valence-corrected chi connectivity index (χ4v) is 3.45. The highest BCUT2D eigenvalue weighted by Crippen LogP contribution is 2.41. The van der Waals surface area contributed by atoms with Crippen LogP contribution in [0.2, 0.25) is 5.02 Å². The predicted octanol–water partition coefficient (Wildman–Crippen LogP) is 4.74. The molecule has 110 valence electrons. The molecule has 20 heavy (non-hydrogen) atoms. The minimum atomic E-state index is -0.444. The van der Waals surface area contributed by atoms with Crippen molar-refractivity contribution < 1.29 is 13.9 Å². The first kappa shape index (κ1) is 14.2. The predicted molar refractivity (Wildman–Crippen MR) is 76.8 cm³/mol. The summed E-state index contributed by atoms with van der Waals surface area (Å²) in [5.41, 5.74) is 0.109. The molecule has 2 aliphatic rings. The highest BCUT2D eigenvalue weighted by Gasteiger charge is 2.40. The monoisotopic (exact) mass is 298 g/mol. The largest absolute Gasteiger partial charge is 0.491 e. The van der Waals surface area contributed by atoms with E-state index in [0.29, 0.717) is 12.4 Å². The number of ether oxygens (including phenoxy) is 2. The lowest BCUT2D eigenvalue weighted by atomic mass is 9.83. The summed E-state index contributed by atoms with van der Waals surface area (Å²) in [6, 6.07) is 4.54. The molecule has 2 fully saturated rings. The van der Waals surface area contributed by atoms with E-state index in [1.165, 1.54) is 44.2 Å². The Hall–Kier alpha value is -0.800. The highest BCUT2D eigenvalue weighted by molar-refractivity contribution is 6.30. The van der Waals surface area contributed by atoms with Crippen LogP contribution >= 0.6 is 11.6 Å². The van der Waals surface area contributed by atoms with Crippen molar-refractivity contribution in [3.05, 3.63) is 29.0 Å². The van der Waals surface area contributed by atoms with Gasteiger partial charge in [0.15, 0.2) is 0 Å². The molecule has 1 heterocycles. The van der Waals surface area contributed by atoms with Gasteiger partial charge in [0.2, 0.25) is 0 Å². The van der Waals surface area contributed by atoms with Crippen LogP contribution in [-0.4, -0.2) is 18.3 Å². The molecule has 0 N–H and O–H groups in total. The first-order valence-electron chi connectivity index (χ1n) is 7.43. The van der Waals surface area contributed by atoms with Crippen LogP contribution in [0.1, 0.15) is 44.9 Å². The third kappa shape index (κ3) is 3.09. The summed E-state index contributed by atoms with van der Waals surface area (Å²) in [4.78, 5) is 0. The Bertz CT molecular complexity index is 472. The maximum atomic E-state index is 13.3. The lowest BCUT2D eigenvalue weighted by Gasteiger charge is -2.33. The van der Waals surface area contributed by atoms with Crippen LogP contribution in [0.5, 0.6) is 5.75 Å². The van der Waals surface area contributed by atoms with E-state index in [9.17, 15) is 4.39 Å². The quantitative estimate of drug-likeness (QED) is 0.802. The van der Waals surface area contributed by atoms with E-state index in [0.717, 1.165) is 12.8 Å². The second kappa shape index (κ2) is 5.90. The molecule has 1 atom stereocenters.